The van der Waals surface area contributed by atoms with Crippen molar-refractivity contribution in [3.8, 4) is 0 Å². The van der Waals surface area contributed by atoms with Crippen LogP contribution in [0.5, 0.6) is 0 Å². The molecule has 0 aliphatic carbocycles. The van der Waals surface area contributed by atoms with Crippen LogP contribution in [0.4, 0.5) is 4.39 Å². The van der Waals surface area contributed by atoms with Gasteiger partial charge in [-0.25, -0.2) is 4.39 Å². The first-order valence-electron chi connectivity index (χ1n) is 7.00. The van der Waals surface area contributed by atoms with Gasteiger partial charge in [0.2, 0.25) is 5.91 Å². The Bertz CT molecular complexity index is 614. The molecule has 1 atom stereocenters. The van der Waals surface area contributed by atoms with E-state index in [0.29, 0.717) is 6.42 Å². The average molecular weight is 322 g/mol. The maximum Gasteiger partial charge on any atom is 0.225 e. The van der Waals surface area contributed by atoms with Gasteiger partial charge in [0, 0.05) is 17.2 Å². The summed E-state index contributed by atoms with van der Waals surface area (Å²) in [5.74, 6) is -0.838. The number of aliphatic hydroxyl groups is 1. The number of rotatable bonds is 6. The quantitative estimate of drug-likeness (QED) is 0.858. The van der Waals surface area contributed by atoms with Gasteiger partial charge in [0.15, 0.2) is 0 Å². The summed E-state index contributed by atoms with van der Waals surface area (Å²) >= 11 is 5.93. The van der Waals surface area contributed by atoms with Gasteiger partial charge in [0.25, 0.3) is 0 Å². The Balaban J connectivity index is 2.09. The van der Waals surface area contributed by atoms with Crippen LogP contribution < -0.4 is 5.32 Å². The summed E-state index contributed by atoms with van der Waals surface area (Å²) in [5.41, 5.74) is 1.07. The summed E-state index contributed by atoms with van der Waals surface area (Å²) < 4.78 is 13.7. The molecule has 5 heteroatoms. The van der Waals surface area contributed by atoms with Gasteiger partial charge in [-0.1, -0.05) is 48.0 Å². The lowest BCUT2D eigenvalue weighted by Gasteiger charge is -2.18. The number of carbonyl (C=O) groups is 1. The van der Waals surface area contributed by atoms with Crippen molar-refractivity contribution in [1.29, 1.82) is 0 Å². The lowest BCUT2D eigenvalue weighted by molar-refractivity contribution is -0.121. The summed E-state index contributed by atoms with van der Waals surface area (Å²) in [6.07, 6.45) is 0.251. The molecule has 1 unspecified atom stereocenters. The molecule has 0 aliphatic rings. The Hall–Kier alpha value is -1.91. The number of hydrogen-bond donors (Lipinski definition) is 2. The van der Waals surface area contributed by atoms with Crippen molar-refractivity contribution in [2.75, 3.05) is 6.61 Å². The van der Waals surface area contributed by atoms with Crippen LogP contribution in [-0.4, -0.2) is 17.6 Å². The standard InChI is InChI=1S/C17H17ClFNO2/c18-14-7-4-8-15(19)13(14)11-17(22)20-16(9-10-21)12-5-2-1-3-6-12/h1-8,16,21H,9-11H2,(H,20,22). The van der Waals surface area contributed by atoms with Crippen molar-refractivity contribution in [1.82, 2.24) is 5.32 Å². The molecule has 0 saturated heterocycles. The second kappa shape index (κ2) is 7.92. The van der Waals surface area contributed by atoms with Gasteiger partial charge in [-0.3, -0.25) is 4.79 Å². The third-order valence-corrected chi connectivity index (χ3v) is 3.71. The van der Waals surface area contributed by atoms with Crippen molar-refractivity contribution in [2.45, 2.75) is 18.9 Å². The highest BCUT2D eigenvalue weighted by molar-refractivity contribution is 6.31. The van der Waals surface area contributed by atoms with Crippen molar-refractivity contribution in [3.63, 3.8) is 0 Å². The van der Waals surface area contributed by atoms with Gasteiger partial charge in [-0.05, 0) is 24.1 Å². The summed E-state index contributed by atoms with van der Waals surface area (Å²) in [6.45, 7) is -0.0553. The fraction of sp³-hybridized carbons (Fsp3) is 0.235. The Morgan fingerprint density at radius 1 is 1.18 bits per heavy atom. The second-order valence-corrected chi connectivity index (χ2v) is 5.33. The van der Waals surface area contributed by atoms with Gasteiger partial charge in [0.1, 0.15) is 5.82 Å². The molecule has 0 saturated carbocycles. The number of carbonyl (C=O) groups excluding carboxylic acids is 1. The summed E-state index contributed by atoms with van der Waals surface area (Å²) in [6, 6.07) is 13.3. The number of halogens is 2. The van der Waals surface area contributed by atoms with E-state index in [2.05, 4.69) is 5.32 Å². The number of aliphatic hydroxyl groups excluding tert-OH is 1. The van der Waals surface area contributed by atoms with Gasteiger partial charge in [-0.2, -0.15) is 0 Å². The highest BCUT2D eigenvalue weighted by Gasteiger charge is 2.17. The molecule has 0 aromatic heterocycles. The third kappa shape index (κ3) is 4.29. The second-order valence-electron chi connectivity index (χ2n) is 4.92. The summed E-state index contributed by atoms with van der Waals surface area (Å²) in [7, 11) is 0. The molecule has 116 valence electrons. The average Bonchev–Trinajstić information content (AvgIpc) is 2.51. The van der Waals surface area contributed by atoms with Crippen LogP contribution in [0, 0.1) is 5.82 Å². The van der Waals surface area contributed by atoms with Crippen LogP contribution in [0.2, 0.25) is 5.02 Å². The van der Waals surface area contributed by atoms with Gasteiger partial charge in [-0.15, -0.1) is 0 Å². The first-order valence-corrected chi connectivity index (χ1v) is 7.37. The Kier molecular flexibility index (Phi) is 5.92. The van der Waals surface area contributed by atoms with E-state index >= 15 is 0 Å². The maximum absolute atomic E-state index is 13.7. The third-order valence-electron chi connectivity index (χ3n) is 3.35. The molecule has 0 bridgehead atoms. The van der Waals surface area contributed by atoms with Crippen LogP contribution in [0.1, 0.15) is 23.6 Å². The number of nitrogens with one attached hydrogen (secondary N) is 1. The molecule has 0 aliphatic heterocycles. The van der Waals surface area contributed by atoms with Crippen LogP contribution >= 0.6 is 11.6 Å². The SMILES string of the molecule is O=C(Cc1c(F)cccc1Cl)NC(CCO)c1ccccc1. The minimum Gasteiger partial charge on any atom is -0.396 e. The molecule has 1 amide bonds. The zero-order valence-electron chi connectivity index (χ0n) is 11.9. The lowest BCUT2D eigenvalue weighted by atomic mass is 10.0. The summed E-state index contributed by atoms with van der Waals surface area (Å²) in [4.78, 5) is 12.2. The fourth-order valence-corrected chi connectivity index (χ4v) is 2.47. The van der Waals surface area contributed by atoms with Crippen molar-refractivity contribution in [2.24, 2.45) is 0 Å². The molecule has 0 spiro atoms. The van der Waals surface area contributed by atoms with E-state index < -0.39 is 5.82 Å². The molecule has 0 fully saturated rings. The predicted molar refractivity (Wildman–Crippen MR) is 84.1 cm³/mol. The number of hydrogen-bond acceptors (Lipinski definition) is 2. The molecule has 0 radical (unpaired) electrons. The smallest absolute Gasteiger partial charge is 0.225 e. The molecular weight excluding hydrogens is 305 g/mol. The molecule has 2 rings (SSSR count). The minimum absolute atomic E-state index is 0.0553. The molecule has 22 heavy (non-hydrogen) atoms. The minimum atomic E-state index is -0.499. The normalized spacial score (nSPS) is 12.0. The molecule has 2 aromatic rings. The van der Waals surface area contributed by atoms with E-state index in [1.807, 2.05) is 30.3 Å². The van der Waals surface area contributed by atoms with Gasteiger partial charge in [0.05, 0.1) is 12.5 Å². The zero-order chi connectivity index (χ0) is 15.9. The van der Waals surface area contributed by atoms with E-state index in [4.69, 9.17) is 16.7 Å². The Morgan fingerprint density at radius 2 is 1.91 bits per heavy atom. The molecule has 2 N–H and O–H groups in total. The van der Waals surface area contributed by atoms with Crippen molar-refractivity contribution >= 4 is 17.5 Å². The van der Waals surface area contributed by atoms with E-state index in [1.165, 1.54) is 12.1 Å². The van der Waals surface area contributed by atoms with Crippen molar-refractivity contribution in [3.05, 3.63) is 70.5 Å². The van der Waals surface area contributed by atoms with Crippen LogP contribution in [0.3, 0.4) is 0 Å². The van der Waals surface area contributed by atoms with Crippen LogP contribution in [-0.2, 0) is 11.2 Å². The first kappa shape index (κ1) is 16.5. The fourth-order valence-electron chi connectivity index (χ4n) is 2.24. The largest absolute Gasteiger partial charge is 0.396 e. The lowest BCUT2D eigenvalue weighted by Crippen LogP contribution is -2.30. The van der Waals surface area contributed by atoms with E-state index in [-0.39, 0.29) is 35.6 Å². The highest BCUT2D eigenvalue weighted by Crippen LogP contribution is 2.21. The Morgan fingerprint density at radius 3 is 2.55 bits per heavy atom. The van der Waals surface area contributed by atoms with Crippen molar-refractivity contribution < 1.29 is 14.3 Å². The van der Waals surface area contributed by atoms with Crippen LogP contribution in [0.25, 0.3) is 0 Å². The van der Waals surface area contributed by atoms with E-state index in [1.54, 1.807) is 6.07 Å². The molecular formula is C17H17ClFNO2. The maximum atomic E-state index is 13.7. The van der Waals surface area contributed by atoms with Crippen LogP contribution in [0.15, 0.2) is 48.5 Å². The van der Waals surface area contributed by atoms with Gasteiger partial charge >= 0.3 is 0 Å². The number of amides is 1. The highest BCUT2D eigenvalue weighted by atomic mass is 35.5. The predicted octanol–water partition coefficient (Wildman–Crippen LogP) is 3.26. The monoisotopic (exact) mass is 321 g/mol. The van der Waals surface area contributed by atoms with Gasteiger partial charge < -0.3 is 10.4 Å². The van der Waals surface area contributed by atoms with E-state index in [0.717, 1.165) is 5.56 Å². The topological polar surface area (TPSA) is 49.3 Å². The Labute approximate surface area is 133 Å². The number of benzene rings is 2. The zero-order valence-corrected chi connectivity index (χ0v) is 12.7. The molecule has 2 aromatic carbocycles. The molecule has 0 heterocycles. The summed E-state index contributed by atoms with van der Waals surface area (Å²) in [5, 5.41) is 12.2. The van der Waals surface area contributed by atoms with E-state index in [9.17, 15) is 9.18 Å². The first-order chi connectivity index (χ1) is 10.6. The molecule has 3 nitrogen and oxygen atoms in total.